The number of nitrogens with zero attached hydrogens (tertiary/aromatic N) is 1. The Morgan fingerprint density at radius 2 is 1.76 bits per heavy atom. The lowest BCUT2D eigenvalue weighted by Gasteiger charge is -2.29. The van der Waals surface area contributed by atoms with Crippen molar-refractivity contribution in [3.8, 4) is 11.5 Å². The van der Waals surface area contributed by atoms with E-state index < -0.39 is 11.8 Å². The first-order valence-corrected chi connectivity index (χ1v) is 8.80. The average molecular weight is 346 g/mol. The van der Waals surface area contributed by atoms with Crippen LogP contribution in [0.5, 0.6) is 11.5 Å². The summed E-state index contributed by atoms with van der Waals surface area (Å²) in [7, 11) is 0. The van der Waals surface area contributed by atoms with Crippen molar-refractivity contribution in [2.24, 2.45) is 5.92 Å². The van der Waals surface area contributed by atoms with Crippen molar-refractivity contribution in [3.05, 3.63) is 24.3 Å². The number of amides is 2. The molecular weight excluding hydrogens is 324 g/mol. The van der Waals surface area contributed by atoms with Gasteiger partial charge in [-0.3, -0.25) is 4.79 Å². The Bertz CT molecular complexity index is 659. The standard InChI is InChI=1S/C18H22N2O5/c21-16(22)12-5-7-13(8-6-12)19-17(23)20-10-9-18(11-20)24-14-3-1-2-4-15(14)25-18/h1-4,12-13H,5-11H2,(H,19,23)(H,21,22). The summed E-state index contributed by atoms with van der Waals surface area (Å²) >= 11 is 0. The highest BCUT2D eigenvalue weighted by atomic mass is 16.7. The number of rotatable bonds is 2. The molecule has 1 saturated carbocycles. The van der Waals surface area contributed by atoms with E-state index in [0.29, 0.717) is 45.2 Å². The van der Waals surface area contributed by atoms with Crippen LogP contribution >= 0.6 is 0 Å². The third kappa shape index (κ3) is 3.10. The summed E-state index contributed by atoms with van der Waals surface area (Å²) in [6.07, 6.45) is 3.28. The van der Waals surface area contributed by atoms with Gasteiger partial charge in [-0.2, -0.15) is 0 Å². The van der Waals surface area contributed by atoms with Gasteiger partial charge >= 0.3 is 12.0 Å². The fourth-order valence-corrected chi connectivity index (χ4v) is 3.89. The number of hydrogen-bond donors (Lipinski definition) is 2. The second kappa shape index (κ2) is 6.13. The number of ether oxygens (including phenoxy) is 2. The maximum absolute atomic E-state index is 12.5. The van der Waals surface area contributed by atoms with E-state index in [4.69, 9.17) is 14.6 Å². The summed E-state index contributed by atoms with van der Waals surface area (Å²) in [5.74, 6) is -0.348. The number of hydrogen-bond acceptors (Lipinski definition) is 4. The van der Waals surface area contributed by atoms with Crippen molar-refractivity contribution in [1.82, 2.24) is 10.2 Å². The normalized spacial score (nSPS) is 26.6. The van der Waals surface area contributed by atoms with Crippen LogP contribution in [0.2, 0.25) is 0 Å². The third-order valence-corrected chi connectivity index (χ3v) is 5.33. The van der Waals surface area contributed by atoms with Crippen LogP contribution in [-0.4, -0.2) is 46.9 Å². The van der Waals surface area contributed by atoms with E-state index in [1.54, 1.807) is 4.90 Å². The van der Waals surface area contributed by atoms with Crippen LogP contribution < -0.4 is 14.8 Å². The number of carboxylic acid groups (broad SMARTS) is 1. The van der Waals surface area contributed by atoms with E-state index in [1.165, 1.54) is 0 Å². The Kier molecular flexibility index (Phi) is 3.94. The monoisotopic (exact) mass is 346 g/mol. The molecule has 1 aromatic rings. The van der Waals surface area contributed by atoms with Crippen molar-refractivity contribution in [1.29, 1.82) is 0 Å². The van der Waals surface area contributed by atoms with Crippen molar-refractivity contribution in [2.75, 3.05) is 13.1 Å². The predicted molar refractivity (Wildman–Crippen MR) is 88.5 cm³/mol. The van der Waals surface area contributed by atoms with Gasteiger partial charge in [-0.05, 0) is 37.8 Å². The summed E-state index contributed by atoms with van der Waals surface area (Å²) in [5, 5.41) is 12.1. The van der Waals surface area contributed by atoms with Gasteiger partial charge in [-0.1, -0.05) is 12.1 Å². The molecule has 0 aromatic heterocycles. The molecule has 2 amide bonds. The molecule has 2 aliphatic heterocycles. The van der Waals surface area contributed by atoms with Crippen LogP contribution in [0.3, 0.4) is 0 Å². The van der Waals surface area contributed by atoms with Gasteiger partial charge < -0.3 is 24.8 Å². The Morgan fingerprint density at radius 3 is 2.36 bits per heavy atom. The van der Waals surface area contributed by atoms with Gasteiger partial charge in [0, 0.05) is 19.0 Å². The predicted octanol–water partition coefficient (Wildman–Crippen LogP) is 2.21. The highest BCUT2D eigenvalue weighted by Crippen LogP contribution is 2.42. The molecule has 1 saturated heterocycles. The van der Waals surface area contributed by atoms with Crippen LogP contribution in [-0.2, 0) is 4.79 Å². The zero-order valence-electron chi connectivity index (χ0n) is 13.9. The maximum Gasteiger partial charge on any atom is 0.317 e. The minimum atomic E-state index is -0.776. The maximum atomic E-state index is 12.5. The molecule has 0 bridgehead atoms. The van der Waals surface area contributed by atoms with Gasteiger partial charge in [0.2, 0.25) is 0 Å². The molecule has 4 rings (SSSR count). The van der Waals surface area contributed by atoms with Gasteiger partial charge in [-0.15, -0.1) is 0 Å². The second-order valence-electron chi connectivity index (χ2n) is 7.07. The lowest BCUT2D eigenvalue weighted by atomic mass is 9.86. The number of para-hydroxylation sites is 2. The molecule has 0 atom stereocenters. The molecule has 1 spiro atoms. The highest BCUT2D eigenvalue weighted by molar-refractivity contribution is 5.75. The molecule has 7 heteroatoms. The molecular formula is C18H22N2O5. The summed E-state index contributed by atoms with van der Waals surface area (Å²) in [5.41, 5.74) is 0. The van der Waals surface area contributed by atoms with E-state index in [2.05, 4.69) is 5.32 Å². The number of aliphatic carboxylic acids is 1. The van der Waals surface area contributed by atoms with Gasteiger partial charge in [0.25, 0.3) is 5.79 Å². The first-order valence-electron chi connectivity index (χ1n) is 8.80. The molecule has 1 aromatic carbocycles. The molecule has 2 heterocycles. The molecule has 7 nitrogen and oxygen atoms in total. The molecule has 1 aliphatic carbocycles. The number of benzene rings is 1. The smallest absolute Gasteiger partial charge is 0.317 e. The van der Waals surface area contributed by atoms with Gasteiger partial charge in [0.05, 0.1) is 12.5 Å². The average Bonchev–Trinajstić information content (AvgIpc) is 3.18. The van der Waals surface area contributed by atoms with Gasteiger partial charge in [0.1, 0.15) is 0 Å². The quantitative estimate of drug-likeness (QED) is 0.857. The van der Waals surface area contributed by atoms with Crippen LogP contribution in [0.1, 0.15) is 32.1 Å². The summed E-state index contributed by atoms with van der Waals surface area (Å²) < 4.78 is 11.9. The first kappa shape index (κ1) is 16.1. The zero-order valence-corrected chi connectivity index (χ0v) is 13.9. The van der Waals surface area contributed by atoms with E-state index in [-0.39, 0.29) is 18.0 Å². The number of carbonyl (C=O) groups is 2. The largest absolute Gasteiger partial charge is 0.481 e. The SMILES string of the molecule is O=C(O)C1CCC(NC(=O)N2CCC3(C2)Oc2ccccc2O3)CC1. The van der Waals surface area contributed by atoms with Crippen molar-refractivity contribution >= 4 is 12.0 Å². The molecule has 2 fully saturated rings. The number of carbonyl (C=O) groups excluding carboxylic acids is 1. The van der Waals surface area contributed by atoms with E-state index in [0.717, 1.165) is 11.5 Å². The van der Waals surface area contributed by atoms with Crippen molar-refractivity contribution < 1.29 is 24.2 Å². The fraction of sp³-hybridized carbons (Fsp3) is 0.556. The minimum Gasteiger partial charge on any atom is -0.481 e. The van der Waals surface area contributed by atoms with Gasteiger partial charge in [0.15, 0.2) is 11.5 Å². The molecule has 0 unspecified atom stereocenters. The summed E-state index contributed by atoms with van der Waals surface area (Å²) in [4.78, 5) is 25.3. The molecule has 3 aliphatic rings. The third-order valence-electron chi connectivity index (χ3n) is 5.33. The van der Waals surface area contributed by atoms with Crippen molar-refractivity contribution in [3.63, 3.8) is 0 Å². The minimum absolute atomic E-state index is 0.0438. The van der Waals surface area contributed by atoms with Crippen LogP contribution in [0.4, 0.5) is 4.79 Å². The first-order chi connectivity index (χ1) is 12.0. The van der Waals surface area contributed by atoms with Crippen LogP contribution in [0.25, 0.3) is 0 Å². The Labute approximate surface area is 145 Å². The Hall–Kier alpha value is -2.44. The lowest BCUT2D eigenvalue weighted by Crippen LogP contribution is -2.48. The molecule has 134 valence electrons. The Balaban J connectivity index is 1.31. The second-order valence-corrected chi connectivity index (χ2v) is 7.07. The van der Waals surface area contributed by atoms with E-state index >= 15 is 0 Å². The highest BCUT2D eigenvalue weighted by Gasteiger charge is 2.48. The number of likely N-dealkylation sites (tertiary alicyclic amines) is 1. The Morgan fingerprint density at radius 1 is 1.12 bits per heavy atom. The van der Waals surface area contributed by atoms with Crippen LogP contribution in [0, 0.1) is 5.92 Å². The lowest BCUT2D eigenvalue weighted by molar-refractivity contribution is -0.142. The zero-order chi connectivity index (χ0) is 17.4. The summed E-state index contributed by atoms with van der Waals surface area (Å²) in [6.45, 7) is 0.961. The molecule has 0 radical (unpaired) electrons. The van der Waals surface area contributed by atoms with E-state index in [1.807, 2.05) is 24.3 Å². The van der Waals surface area contributed by atoms with Gasteiger partial charge in [-0.25, -0.2) is 4.79 Å². The van der Waals surface area contributed by atoms with E-state index in [9.17, 15) is 9.59 Å². The fourth-order valence-electron chi connectivity index (χ4n) is 3.89. The van der Waals surface area contributed by atoms with Crippen molar-refractivity contribution in [2.45, 2.75) is 43.9 Å². The number of nitrogens with one attached hydrogen (secondary N) is 1. The molecule has 2 N–H and O–H groups in total. The number of urea groups is 1. The number of fused-ring (bicyclic) bond motifs is 1. The van der Waals surface area contributed by atoms with Crippen LogP contribution in [0.15, 0.2) is 24.3 Å². The number of carboxylic acids is 1. The topological polar surface area (TPSA) is 88.1 Å². The molecule has 25 heavy (non-hydrogen) atoms. The summed E-state index contributed by atoms with van der Waals surface area (Å²) in [6, 6.07) is 7.45.